The van der Waals surface area contributed by atoms with E-state index in [0.29, 0.717) is 12.1 Å². The fourth-order valence-electron chi connectivity index (χ4n) is 2.49. The van der Waals surface area contributed by atoms with Crippen LogP contribution in [-0.4, -0.2) is 22.2 Å². The number of hydrogen-bond donors (Lipinski definition) is 1. The number of aryl methyl sites for hydroxylation is 2. The van der Waals surface area contributed by atoms with Crippen LogP contribution in [0.3, 0.4) is 0 Å². The van der Waals surface area contributed by atoms with Gasteiger partial charge in [0.1, 0.15) is 5.82 Å². The van der Waals surface area contributed by atoms with Crippen LogP contribution in [0.2, 0.25) is 0 Å². The Bertz CT molecular complexity index is 664. The maximum atomic E-state index is 13.3. The summed E-state index contributed by atoms with van der Waals surface area (Å²) in [4.78, 5) is 12.4. The van der Waals surface area contributed by atoms with Crippen molar-refractivity contribution in [1.29, 1.82) is 0 Å². The maximum Gasteiger partial charge on any atom is 0.230 e. The summed E-state index contributed by atoms with van der Waals surface area (Å²) in [5, 5.41) is 7.08. The molecule has 5 heteroatoms. The van der Waals surface area contributed by atoms with Crippen molar-refractivity contribution in [3.8, 4) is 0 Å². The molecule has 0 bridgehead atoms. The third-order valence-corrected chi connectivity index (χ3v) is 4.05. The van der Waals surface area contributed by atoms with Crippen LogP contribution < -0.4 is 5.32 Å². The molecule has 23 heavy (non-hydrogen) atoms. The highest BCUT2D eigenvalue weighted by Crippen LogP contribution is 2.23. The molecular formula is C18H24FN3O. The molecule has 0 fully saturated rings. The molecule has 0 unspecified atom stereocenters. The van der Waals surface area contributed by atoms with Crippen LogP contribution in [0.5, 0.6) is 0 Å². The molecule has 0 spiro atoms. The zero-order valence-corrected chi connectivity index (χ0v) is 14.0. The predicted molar refractivity (Wildman–Crippen MR) is 88.6 cm³/mol. The highest BCUT2D eigenvalue weighted by molar-refractivity contribution is 5.87. The molecule has 124 valence electrons. The smallest absolute Gasteiger partial charge is 0.230 e. The number of carbonyl (C=O) groups excluding carboxylic acids is 1. The minimum absolute atomic E-state index is 0.0792. The van der Waals surface area contributed by atoms with Gasteiger partial charge in [0, 0.05) is 19.8 Å². The molecule has 1 N–H and O–H groups in total. The number of halogens is 1. The van der Waals surface area contributed by atoms with Gasteiger partial charge in [0.15, 0.2) is 0 Å². The summed E-state index contributed by atoms with van der Waals surface area (Å²) in [6.45, 7) is 4.25. The minimum atomic E-state index is -0.745. The molecule has 0 saturated heterocycles. The number of nitrogens with zero attached hydrogens (tertiary/aromatic N) is 2. The Kier molecular flexibility index (Phi) is 5.53. The fourth-order valence-corrected chi connectivity index (χ4v) is 2.49. The Hall–Kier alpha value is -2.17. The van der Waals surface area contributed by atoms with Gasteiger partial charge in [-0.25, -0.2) is 4.39 Å². The van der Waals surface area contributed by atoms with Crippen LogP contribution >= 0.6 is 0 Å². The van der Waals surface area contributed by atoms with E-state index in [0.717, 1.165) is 19.3 Å². The minimum Gasteiger partial charge on any atom is -0.355 e. The third kappa shape index (κ3) is 4.65. The summed E-state index contributed by atoms with van der Waals surface area (Å²) in [6.07, 6.45) is 6.72. The number of benzene rings is 1. The van der Waals surface area contributed by atoms with E-state index in [-0.39, 0.29) is 11.7 Å². The molecule has 1 amide bonds. The second-order valence-electron chi connectivity index (χ2n) is 6.37. The molecular weight excluding hydrogens is 293 g/mol. The predicted octanol–water partition coefficient (Wildman–Crippen LogP) is 2.98. The van der Waals surface area contributed by atoms with Crippen LogP contribution in [0.15, 0.2) is 36.7 Å². The van der Waals surface area contributed by atoms with Crippen molar-refractivity contribution < 1.29 is 9.18 Å². The lowest BCUT2D eigenvalue weighted by atomic mass is 9.83. The van der Waals surface area contributed by atoms with Gasteiger partial charge < -0.3 is 5.32 Å². The molecule has 0 aliphatic heterocycles. The van der Waals surface area contributed by atoms with E-state index in [1.165, 1.54) is 17.7 Å². The van der Waals surface area contributed by atoms with Crippen molar-refractivity contribution in [3.05, 3.63) is 53.6 Å². The number of hydrogen-bond acceptors (Lipinski definition) is 2. The van der Waals surface area contributed by atoms with Crippen LogP contribution in [0.1, 0.15) is 37.8 Å². The van der Waals surface area contributed by atoms with Gasteiger partial charge in [0.25, 0.3) is 0 Å². The van der Waals surface area contributed by atoms with Gasteiger partial charge in [-0.1, -0.05) is 12.1 Å². The number of unbranched alkanes of at least 4 members (excludes halogenated alkanes) is 1. The van der Waals surface area contributed by atoms with Gasteiger partial charge >= 0.3 is 0 Å². The Morgan fingerprint density at radius 1 is 1.35 bits per heavy atom. The van der Waals surface area contributed by atoms with E-state index < -0.39 is 5.41 Å². The first-order valence-electron chi connectivity index (χ1n) is 7.91. The van der Waals surface area contributed by atoms with Gasteiger partial charge in [0.05, 0.1) is 11.6 Å². The number of rotatable bonds is 7. The molecule has 0 aliphatic rings. The average Bonchev–Trinajstić information content (AvgIpc) is 2.92. The average molecular weight is 317 g/mol. The second-order valence-corrected chi connectivity index (χ2v) is 6.37. The standard InChI is InChI=1S/C18H24FN3O/c1-18(2,15-8-6-9-16(19)11-15)17(23)20-10-5-4-7-14-12-21-22(3)13-14/h6,8-9,11-13H,4-5,7,10H2,1-3H3,(H,20,23). The fraction of sp³-hybridized carbons (Fsp3) is 0.444. The zero-order valence-electron chi connectivity index (χ0n) is 14.0. The van der Waals surface area contributed by atoms with Crippen molar-refractivity contribution in [3.63, 3.8) is 0 Å². The Balaban J connectivity index is 1.77. The first-order chi connectivity index (χ1) is 10.9. The molecule has 0 aliphatic carbocycles. The Morgan fingerprint density at radius 2 is 2.13 bits per heavy atom. The molecule has 2 rings (SSSR count). The molecule has 0 radical (unpaired) electrons. The van der Waals surface area contributed by atoms with E-state index in [9.17, 15) is 9.18 Å². The van der Waals surface area contributed by atoms with Crippen LogP contribution in [0.4, 0.5) is 4.39 Å². The number of aromatic nitrogens is 2. The van der Waals surface area contributed by atoms with Crippen LogP contribution in [0, 0.1) is 5.82 Å². The Labute approximate surface area is 136 Å². The molecule has 1 heterocycles. The van der Waals surface area contributed by atoms with Crippen molar-refractivity contribution in [1.82, 2.24) is 15.1 Å². The normalized spacial score (nSPS) is 11.5. The largest absolute Gasteiger partial charge is 0.355 e. The summed E-state index contributed by atoms with van der Waals surface area (Å²) < 4.78 is 15.1. The Morgan fingerprint density at radius 3 is 2.78 bits per heavy atom. The summed E-state index contributed by atoms with van der Waals surface area (Å²) in [6, 6.07) is 6.22. The number of amides is 1. The third-order valence-electron chi connectivity index (χ3n) is 4.05. The molecule has 4 nitrogen and oxygen atoms in total. The maximum absolute atomic E-state index is 13.3. The molecule has 1 aromatic carbocycles. The van der Waals surface area contributed by atoms with Crippen molar-refractivity contribution in [2.45, 2.75) is 38.5 Å². The first kappa shape index (κ1) is 17.2. The lowest BCUT2D eigenvalue weighted by molar-refractivity contribution is -0.125. The lowest BCUT2D eigenvalue weighted by Gasteiger charge is -2.24. The van der Waals surface area contributed by atoms with Crippen molar-refractivity contribution in [2.75, 3.05) is 6.54 Å². The molecule has 0 saturated carbocycles. The molecule has 0 atom stereocenters. The number of nitrogens with one attached hydrogen (secondary N) is 1. The summed E-state index contributed by atoms with van der Waals surface area (Å²) in [5.41, 5.74) is 1.15. The molecule has 1 aromatic heterocycles. The highest BCUT2D eigenvalue weighted by Gasteiger charge is 2.29. The quantitative estimate of drug-likeness (QED) is 0.798. The SMILES string of the molecule is Cn1cc(CCCCNC(=O)C(C)(C)c2cccc(F)c2)cn1. The topological polar surface area (TPSA) is 46.9 Å². The van der Waals surface area contributed by atoms with E-state index >= 15 is 0 Å². The van der Waals surface area contributed by atoms with Gasteiger partial charge in [-0.15, -0.1) is 0 Å². The van der Waals surface area contributed by atoms with E-state index in [4.69, 9.17) is 0 Å². The van der Waals surface area contributed by atoms with Gasteiger partial charge in [0.2, 0.25) is 5.91 Å². The van der Waals surface area contributed by atoms with E-state index in [2.05, 4.69) is 10.4 Å². The second kappa shape index (κ2) is 7.40. The molecule has 2 aromatic rings. The first-order valence-corrected chi connectivity index (χ1v) is 7.91. The summed E-state index contributed by atoms with van der Waals surface area (Å²) in [7, 11) is 1.90. The highest BCUT2D eigenvalue weighted by atomic mass is 19.1. The zero-order chi connectivity index (χ0) is 16.9. The number of carbonyl (C=O) groups is 1. The lowest BCUT2D eigenvalue weighted by Crippen LogP contribution is -2.40. The van der Waals surface area contributed by atoms with Gasteiger partial charge in [-0.2, -0.15) is 5.10 Å². The van der Waals surface area contributed by atoms with Crippen molar-refractivity contribution >= 4 is 5.91 Å². The van der Waals surface area contributed by atoms with Gasteiger partial charge in [-0.05, 0) is 56.4 Å². The van der Waals surface area contributed by atoms with Gasteiger partial charge in [-0.3, -0.25) is 9.48 Å². The van der Waals surface area contributed by atoms with E-state index in [1.807, 2.05) is 33.3 Å². The van der Waals surface area contributed by atoms with Crippen LogP contribution in [-0.2, 0) is 23.7 Å². The van der Waals surface area contributed by atoms with E-state index in [1.54, 1.807) is 16.8 Å². The van der Waals surface area contributed by atoms with Crippen LogP contribution in [0.25, 0.3) is 0 Å². The monoisotopic (exact) mass is 317 g/mol. The summed E-state index contributed by atoms with van der Waals surface area (Å²) in [5.74, 6) is -0.399. The summed E-state index contributed by atoms with van der Waals surface area (Å²) >= 11 is 0. The van der Waals surface area contributed by atoms with Crippen molar-refractivity contribution in [2.24, 2.45) is 7.05 Å².